The fourth-order valence-corrected chi connectivity index (χ4v) is 4.11. The Hall–Kier alpha value is -2.50. The van der Waals surface area contributed by atoms with Crippen molar-refractivity contribution in [3.63, 3.8) is 0 Å². The first-order valence-corrected chi connectivity index (χ1v) is 9.38. The molecule has 2 atom stereocenters. The third-order valence-corrected chi connectivity index (χ3v) is 5.32. The molecule has 138 valence electrons. The number of hydrogen-bond acceptors (Lipinski definition) is 3. The number of piperidine rings is 1. The quantitative estimate of drug-likeness (QED) is 0.858. The average molecular weight is 354 g/mol. The van der Waals surface area contributed by atoms with E-state index in [1.54, 1.807) is 6.20 Å². The number of likely N-dealkylation sites (tertiary alicyclic amines) is 1. The molecule has 2 amide bonds. The van der Waals surface area contributed by atoms with E-state index in [0.717, 1.165) is 49.2 Å². The van der Waals surface area contributed by atoms with Crippen LogP contribution in [0.1, 0.15) is 62.9 Å². The zero-order valence-corrected chi connectivity index (χ0v) is 15.4. The Kier molecular flexibility index (Phi) is 4.34. The maximum atomic E-state index is 13.1. The van der Waals surface area contributed by atoms with Gasteiger partial charge in [-0.05, 0) is 45.2 Å². The fourth-order valence-electron chi connectivity index (χ4n) is 4.11. The van der Waals surface area contributed by atoms with Gasteiger partial charge >= 0.3 is 6.03 Å². The molecule has 0 radical (unpaired) electrons. The number of benzene rings is 1. The Morgan fingerprint density at radius 2 is 2.15 bits per heavy atom. The Morgan fingerprint density at radius 1 is 1.31 bits per heavy atom. The molecule has 1 saturated heterocycles. The summed E-state index contributed by atoms with van der Waals surface area (Å²) < 4.78 is 6.08. The lowest BCUT2D eigenvalue weighted by atomic mass is 9.89. The predicted molar refractivity (Wildman–Crippen MR) is 98.9 cm³/mol. The smallest absolute Gasteiger partial charge is 0.318 e. The maximum Gasteiger partial charge on any atom is 0.318 e. The van der Waals surface area contributed by atoms with E-state index < -0.39 is 0 Å². The number of nitrogens with zero attached hydrogens (tertiary/aromatic N) is 2. The first-order chi connectivity index (χ1) is 12.5. The van der Waals surface area contributed by atoms with Crippen molar-refractivity contribution in [3.8, 4) is 5.75 Å². The van der Waals surface area contributed by atoms with Gasteiger partial charge in [0.05, 0.1) is 17.8 Å². The second-order valence-electron chi connectivity index (χ2n) is 7.82. The van der Waals surface area contributed by atoms with E-state index in [1.807, 2.05) is 35.2 Å². The summed E-state index contributed by atoms with van der Waals surface area (Å²) in [6.07, 6.45) is 5.62. The fraction of sp³-hybridized carbons (Fsp3) is 0.500. The second-order valence-corrected chi connectivity index (χ2v) is 7.82. The van der Waals surface area contributed by atoms with Gasteiger partial charge in [0.1, 0.15) is 11.4 Å². The highest BCUT2D eigenvalue weighted by atomic mass is 16.5. The van der Waals surface area contributed by atoms with Crippen molar-refractivity contribution in [2.45, 2.75) is 57.2 Å². The molecular formula is C20H26N4O2. The van der Waals surface area contributed by atoms with Crippen LogP contribution in [0.4, 0.5) is 4.79 Å². The van der Waals surface area contributed by atoms with Crippen LogP contribution in [0.15, 0.2) is 36.5 Å². The van der Waals surface area contributed by atoms with E-state index in [-0.39, 0.29) is 23.7 Å². The number of carbonyl (C=O) groups excluding carboxylic acids is 1. The van der Waals surface area contributed by atoms with Crippen LogP contribution in [0.2, 0.25) is 0 Å². The van der Waals surface area contributed by atoms with Crippen LogP contribution >= 0.6 is 0 Å². The molecule has 3 heterocycles. The minimum atomic E-state index is -0.309. The summed E-state index contributed by atoms with van der Waals surface area (Å²) >= 11 is 0. The zero-order chi connectivity index (χ0) is 18.1. The van der Waals surface area contributed by atoms with E-state index in [1.165, 1.54) is 0 Å². The second kappa shape index (κ2) is 6.67. The van der Waals surface area contributed by atoms with Gasteiger partial charge in [-0.15, -0.1) is 0 Å². The predicted octanol–water partition coefficient (Wildman–Crippen LogP) is 3.95. The highest BCUT2D eigenvalue weighted by Gasteiger charge is 2.36. The SMILES string of the molecule is CC1(C)CC(NC(=O)N2CCCCC2c2ccn[nH]2)c2ccccc2O1. The molecule has 4 rings (SSSR count). The molecule has 6 nitrogen and oxygen atoms in total. The molecule has 1 fully saturated rings. The topological polar surface area (TPSA) is 70.2 Å². The third-order valence-electron chi connectivity index (χ3n) is 5.32. The Balaban J connectivity index is 1.55. The molecule has 0 spiro atoms. The van der Waals surface area contributed by atoms with Gasteiger partial charge in [0.25, 0.3) is 0 Å². The molecule has 2 aliphatic heterocycles. The van der Waals surface area contributed by atoms with Crippen molar-refractivity contribution >= 4 is 6.03 Å². The number of carbonyl (C=O) groups is 1. The van der Waals surface area contributed by atoms with Crippen LogP contribution in [0.25, 0.3) is 0 Å². The van der Waals surface area contributed by atoms with Crippen LogP contribution in [-0.4, -0.2) is 33.3 Å². The van der Waals surface area contributed by atoms with E-state index in [4.69, 9.17) is 4.74 Å². The van der Waals surface area contributed by atoms with Crippen LogP contribution in [0.3, 0.4) is 0 Å². The molecule has 0 saturated carbocycles. The van der Waals surface area contributed by atoms with Crippen LogP contribution < -0.4 is 10.1 Å². The molecular weight excluding hydrogens is 328 g/mol. The van der Waals surface area contributed by atoms with Gasteiger partial charge < -0.3 is 15.0 Å². The number of urea groups is 1. The highest BCUT2D eigenvalue weighted by molar-refractivity contribution is 5.75. The number of aromatic amines is 1. The summed E-state index contributed by atoms with van der Waals surface area (Å²) in [6.45, 7) is 4.90. The number of rotatable bonds is 2. The number of amides is 2. The number of aromatic nitrogens is 2. The Bertz CT molecular complexity index is 772. The molecule has 0 bridgehead atoms. The number of fused-ring (bicyclic) bond motifs is 1. The minimum Gasteiger partial charge on any atom is -0.487 e. The van der Waals surface area contributed by atoms with Crippen molar-refractivity contribution in [1.29, 1.82) is 0 Å². The molecule has 26 heavy (non-hydrogen) atoms. The van der Waals surface area contributed by atoms with E-state index in [2.05, 4.69) is 29.4 Å². The lowest BCUT2D eigenvalue weighted by Gasteiger charge is -2.40. The van der Waals surface area contributed by atoms with Gasteiger partial charge in [-0.1, -0.05) is 18.2 Å². The van der Waals surface area contributed by atoms with Gasteiger partial charge in [0.15, 0.2) is 0 Å². The molecule has 2 N–H and O–H groups in total. The number of H-pyrrole nitrogens is 1. The van der Waals surface area contributed by atoms with Gasteiger partial charge in [-0.2, -0.15) is 5.10 Å². The highest BCUT2D eigenvalue weighted by Crippen LogP contribution is 2.39. The summed E-state index contributed by atoms with van der Waals surface area (Å²) in [7, 11) is 0. The first-order valence-electron chi connectivity index (χ1n) is 9.38. The molecule has 2 aliphatic rings. The number of nitrogens with one attached hydrogen (secondary N) is 2. The van der Waals surface area contributed by atoms with Crippen molar-refractivity contribution in [2.75, 3.05) is 6.54 Å². The van der Waals surface area contributed by atoms with Gasteiger partial charge in [0.2, 0.25) is 0 Å². The lowest BCUT2D eigenvalue weighted by Crippen LogP contribution is -2.48. The Morgan fingerprint density at radius 3 is 2.96 bits per heavy atom. The molecule has 2 aromatic rings. The van der Waals surface area contributed by atoms with Crippen molar-refractivity contribution in [1.82, 2.24) is 20.4 Å². The van der Waals surface area contributed by atoms with Crippen LogP contribution in [0.5, 0.6) is 5.75 Å². The minimum absolute atomic E-state index is 0.0122. The third kappa shape index (κ3) is 3.28. The van der Waals surface area contributed by atoms with Crippen LogP contribution in [0, 0.1) is 0 Å². The standard InChI is InChI=1S/C20H26N4O2/c1-20(2)13-16(14-7-3-4-9-18(14)26-20)22-19(25)24-12-6-5-8-17(24)15-10-11-21-23-15/h3-4,7,9-11,16-17H,5-6,8,12-13H2,1-2H3,(H,21,23)(H,22,25). The largest absolute Gasteiger partial charge is 0.487 e. The average Bonchev–Trinajstić information content (AvgIpc) is 3.15. The molecule has 1 aromatic carbocycles. The van der Waals surface area contributed by atoms with Crippen molar-refractivity contribution in [2.24, 2.45) is 0 Å². The van der Waals surface area contributed by atoms with Gasteiger partial charge in [-0.3, -0.25) is 5.10 Å². The molecule has 1 aromatic heterocycles. The Labute approximate surface area is 153 Å². The maximum absolute atomic E-state index is 13.1. The summed E-state index contributed by atoms with van der Waals surface area (Å²) in [4.78, 5) is 15.1. The van der Waals surface area contributed by atoms with Crippen LogP contribution in [-0.2, 0) is 0 Å². The van der Waals surface area contributed by atoms with Gasteiger partial charge in [0, 0.05) is 24.7 Å². The van der Waals surface area contributed by atoms with E-state index in [9.17, 15) is 4.79 Å². The monoisotopic (exact) mass is 354 g/mol. The van der Waals surface area contributed by atoms with E-state index >= 15 is 0 Å². The number of ether oxygens (including phenoxy) is 1. The molecule has 0 aliphatic carbocycles. The van der Waals surface area contributed by atoms with Crippen molar-refractivity contribution in [3.05, 3.63) is 47.8 Å². The summed E-state index contributed by atoms with van der Waals surface area (Å²) in [5, 5.41) is 10.4. The molecule has 6 heteroatoms. The summed E-state index contributed by atoms with van der Waals surface area (Å²) in [5.41, 5.74) is 1.75. The summed E-state index contributed by atoms with van der Waals surface area (Å²) in [6, 6.07) is 9.94. The molecule has 2 unspecified atom stereocenters. The number of para-hydroxylation sites is 1. The van der Waals surface area contributed by atoms with Crippen molar-refractivity contribution < 1.29 is 9.53 Å². The first kappa shape index (κ1) is 16.9. The normalized spacial score (nSPS) is 24.5. The summed E-state index contributed by atoms with van der Waals surface area (Å²) in [5.74, 6) is 0.859. The van der Waals surface area contributed by atoms with E-state index in [0.29, 0.717) is 0 Å². The zero-order valence-electron chi connectivity index (χ0n) is 15.4. The van der Waals surface area contributed by atoms with Gasteiger partial charge in [-0.25, -0.2) is 4.79 Å². The number of hydrogen-bond donors (Lipinski definition) is 2. The lowest BCUT2D eigenvalue weighted by molar-refractivity contribution is 0.0649.